The molecule has 2 aromatic carbocycles. The smallest absolute Gasteiger partial charge is 0.338 e. The first-order valence-corrected chi connectivity index (χ1v) is 12.9. The summed E-state index contributed by atoms with van der Waals surface area (Å²) < 4.78 is 32.6. The topological polar surface area (TPSA) is 79.1 Å². The van der Waals surface area contributed by atoms with E-state index in [9.17, 15) is 14.0 Å². The van der Waals surface area contributed by atoms with Gasteiger partial charge in [-0.15, -0.1) is 0 Å². The maximum absolute atomic E-state index is 14.5. The van der Waals surface area contributed by atoms with Gasteiger partial charge in [-0.1, -0.05) is 48.4 Å². The molecule has 1 atom stereocenters. The SMILES string of the molecule is CCCCOc1ccc(C2C(C(=O)OC)=C(C)N=c3s/c(=C\c4c(F)cccc4Cl)c(=O)n32)cc1OC. The molecule has 10 heteroatoms. The number of halogens is 2. The quantitative estimate of drug-likeness (QED) is 0.310. The molecule has 3 aromatic rings. The van der Waals surface area contributed by atoms with E-state index in [4.69, 9.17) is 25.8 Å². The largest absolute Gasteiger partial charge is 0.493 e. The van der Waals surface area contributed by atoms with Crippen LogP contribution in [0.4, 0.5) is 4.39 Å². The van der Waals surface area contributed by atoms with E-state index in [2.05, 4.69) is 11.9 Å². The zero-order chi connectivity index (χ0) is 26.7. The maximum Gasteiger partial charge on any atom is 0.338 e. The predicted molar refractivity (Wildman–Crippen MR) is 141 cm³/mol. The van der Waals surface area contributed by atoms with Gasteiger partial charge in [-0.3, -0.25) is 9.36 Å². The first-order chi connectivity index (χ1) is 17.8. The van der Waals surface area contributed by atoms with Gasteiger partial charge >= 0.3 is 5.97 Å². The van der Waals surface area contributed by atoms with Crippen LogP contribution < -0.4 is 24.4 Å². The zero-order valence-corrected chi connectivity index (χ0v) is 22.4. The summed E-state index contributed by atoms with van der Waals surface area (Å²) >= 11 is 7.27. The van der Waals surface area contributed by atoms with Crippen LogP contribution in [0, 0.1) is 5.82 Å². The standard InChI is InChI=1S/C27H26ClFN2O5S/c1-5-6-12-36-20-11-10-16(13-21(20)34-3)24-23(26(33)35-4)15(2)30-27-31(24)25(32)22(37-27)14-17-18(28)8-7-9-19(17)29/h7-11,13-14,24H,5-6,12H2,1-4H3/b22-14-. The Morgan fingerprint density at radius 2 is 2.03 bits per heavy atom. The van der Waals surface area contributed by atoms with Crippen molar-refractivity contribution in [3.63, 3.8) is 0 Å². The predicted octanol–water partition coefficient (Wildman–Crippen LogP) is 4.39. The monoisotopic (exact) mass is 544 g/mol. The molecule has 1 aliphatic rings. The molecule has 0 aliphatic carbocycles. The first-order valence-electron chi connectivity index (χ1n) is 11.7. The summed E-state index contributed by atoms with van der Waals surface area (Å²) in [6.45, 7) is 4.29. The Balaban J connectivity index is 1.92. The number of aromatic nitrogens is 1. The Morgan fingerprint density at radius 3 is 2.70 bits per heavy atom. The third-order valence-electron chi connectivity index (χ3n) is 5.96. The van der Waals surface area contributed by atoms with Crippen LogP contribution >= 0.6 is 22.9 Å². The summed E-state index contributed by atoms with van der Waals surface area (Å²) in [5, 5.41) is 0.178. The molecule has 0 fully saturated rings. The van der Waals surface area contributed by atoms with Crippen LogP contribution in [0.1, 0.15) is 43.9 Å². The second-order valence-corrected chi connectivity index (χ2v) is 9.74. The number of fused-ring (bicyclic) bond motifs is 1. The van der Waals surface area contributed by atoms with E-state index in [1.165, 1.54) is 37.0 Å². The summed E-state index contributed by atoms with van der Waals surface area (Å²) in [4.78, 5) is 31.4. The number of thiazole rings is 1. The molecule has 2 heterocycles. The number of hydrogen-bond acceptors (Lipinski definition) is 7. The van der Waals surface area contributed by atoms with Crippen LogP contribution in [0.3, 0.4) is 0 Å². The van der Waals surface area contributed by atoms with Crippen molar-refractivity contribution in [1.29, 1.82) is 0 Å². The normalized spacial score (nSPS) is 15.3. The molecule has 1 aromatic heterocycles. The van der Waals surface area contributed by atoms with Crippen LogP contribution in [0.25, 0.3) is 6.08 Å². The van der Waals surface area contributed by atoms with Crippen molar-refractivity contribution in [2.24, 2.45) is 4.99 Å². The van der Waals surface area contributed by atoms with Gasteiger partial charge in [0.1, 0.15) is 5.82 Å². The van der Waals surface area contributed by atoms with Crippen LogP contribution in [-0.2, 0) is 9.53 Å². The lowest BCUT2D eigenvalue weighted by Gasteiger charge is -2.25. The molecule has 0 saturated carbocycles. The van der Waals surface area contributed by atoms with Crippen LogP contribution in [-0.4, -0.2) is 31.4 Å². The van der Waals surface area contributed by atoms with Crippen molar-refractivity contribution in [3.8, 4) is 11.5 Å². The molecule has 37 heavy (non-hydrogen) atoms. The minimum absolute atomic E-state index is 0.102. The fraction of sp³-hybridized carbons (Fsp3) is 0.296. The molecule has 7 nitrogen and oxygen atoms in total. The fourth-order valence-corrected chi connectivity index (χ4v) is 5.33. The molecule has 194 valence electrons. The number of methoxy groups -OCH3 is 2. The zero-order valence-electron chi connectivity index (χ0n) is 20.8. The van der Waals surface area contributed by atoms with Crippen LogP contribution in [0.2, 0.25) is 5.02 Å². The van der Waals surface area contributed by atoms with Gasteiger partial charge in [0.15, 0.2) is 16.3 Å². The van der Waals surface area contributed by atoms with Gasteiger partial charge in [0, 0.05) is 5.56 Å². The van der Waals surface area contributed by atoms with Crippen molar-refractivity contribution < 1.29 is 23.4 Å². The Hall–Kier alpha value is -3.43. The first kappa shape index (κ1) is 26.6. The highest BCUT2D eigenvalue weighted by Crippen LogP contribution is 2.36. The average molecular weight is 545 g/mol. The number of unbranched alkanes of at least 4 members (excludes halogenated alkanes) is 1. The highest BCUT2D eigenvalue weighted by Gasteiger charge is 2.33. The van der Waals surface area contributed by atoms with Crippen molar-refractivity contribution in [1.82, 2.24) is 4.57 Å². The number of allylic oxidation sites excluding steroid dienone is 1. The van der Waals surface area contributed by atoms with Gasteiger partial charge in [-0.05, 0) is 49.2 Å². The van der Waals surface area contributed by atoms with Gasteiger partial charge in [-0.2, -0.15) is 0 Å². The minimum Gasteiger partial charge on any atom is -0.493 e. The van der Waals surface area contributed by atoms with E-state index in [0.29, 0.717) is 34.2 Å². The molecule has 0 bridgehead atoms. The Labute approximate surface area is 222 Å². The summed E-state index contributed by atoms with van der Waals surface area (Å²) in [5.74, 6) is -0.140. The van der Waals surface area contributed by atoms with E-state index in [-0.39, 0.29) is 20.7 Å². The number of benzene rings is 2. The maximum atomic E-state index is 14.5. The number of esters is 1. The Morgan fingerprint density at radius 1 is 1.24 bits per heavy atom. The number of hydrogen-bond donors (Lipinski definition) is 0. The van der Waals surface area contributed by atoms with Crippen molar-refractivity contribution in [3.05, 3.63) is 89.3 Å². The van der Waals surface area contributed by atoms with Crippen LogP contribution in [0.5, 0.6) is 11.5 Å². The van der Waals surface area contributed by atoms with E-state index in [1.54, 1.807) is 31.2 Å². The van der Waals surface area contributed by atoms with Gasteiger partial charge in [0.25, 0.3) is 5.56 Å². The number of nitrogens with zero attached hydrogens (tertiary/aromatic N) is 2. The second kappa shape index (κ2) is 11.3. The Kier molecular flexibility index (Phi) is 8.14. The molecule has 0 amide bonds. The number of ether oxygens (including phenoxy) is 3. The highest BCUT2D eigenvalue weighted by molar-refractivity contribution is 7.07. The highest BCUT2D eigenvalue weighted by atomic mass is 35.5. The summed E-state index contributed by atoms with van der Waals surface area (Å²) in [7, 11) is 2.80. The van der Waals surface area contributed by atoms with Gasteiger partial charge < -0.3 is 14.2 Å². The van der Waals surface area contributed by atoms with E-state index >= 15 is 0 Å². The lowest BCUT2D eigenvalue weighted by atomic mass is 9.95. The molecular weight excluding hydrogens is 519 g/mol. The lowest BCUT2D eigenvalue weighted by Crippen LogP contribution is -2.39. The molecule has 0 N–H and O–H groups in total. The molecule has 0 saturated heterocycles. The second-order valence-electron chi connectivity index (χ2n) is 8.32. The van der Waals surface area contributed by atoms with E-state index < -0.39 is 23.4 Å². The molecule has 0 spiro atoms. The third kappa shape index (κ3) is 5.19. The van der Waals surface area contributed by atoms with Crippen molar-refractivity contribution in [2.45, 2.75) is 32.7 Å². The fourth-order valence-electron chi connectivity index (χ4n) is 4.09. The van der Waals surface area contributed by atoms with E-state index in [0.717, 1.165) is 24.2 Å². The summed E-state index contributed by atoms with van der Waals surface area (Å²) in [6, 6.07) is 8.73. The van der Waals surface area contributed by atoms with Crippen molar-refractivity contribution >= 4 is 35.0 Å². The third-order valence-corrected chi connectivity index (χ3v) is 7.27. The number of carbonyl (C=O) groups excluding carboxylic acids is 1. The van der Waals surface area contributed by atoms with E-state index in [1.807, 2.05) is 0 Å². The Bertz CT molecular complexity index is 1540. The summed E-state index contributed by atoms with van der Waals surface area (Å²) in [6.07, 6.45) is 3.28. The van der Waals surface area contributed by atoms with Gasteiger partial charge in [0.2, 0.25) is 0 Å². The minimum atomic E-state index is -0.847. The average Bonchev–Trinajstić information content (AvgIpc) is 3.19. The molecule has 1 unspecified atom stereocenters. The number of rotatable bonds is 8. The lowest BCUT2D eigenvalue weighted by molar-refractivity contribution is -0.136. The number of carbonyl (C=O) groups is 1. The molecule has 4 rings (SSSR count). The van der Waals surface area contributed by atoms with Crippen molar-refractivity contribution in [2.75, 3.05) is 20.8 Å². The summed E-state index contributed by atoms with van der Waals surface area (Å²) in [5.41, 5.74) is 0.892. The molecular formula is C27H26ClFN2O5S. The molecule has 0 radical (unpaired) electrons. The van der Waals surface area contributed by atoms with Crippen LogP contribution in [0.15, 0.2) is 57.5 Å². The van der Waals surface area contributed by atoms with Gasteiger partial charge in [0.05, 0.1) is 47.7 Å². The van der Waals surface area contributed by atoms with Gasteiger partial charge in [-0.25, -0.2) is 14.2 Å². The molecule has 1 aliphatic heterocycles.